The Hall–Kier alpha value is -2.45. The summed E-state index contributed by atoms with van der Waals surface area (Å²) in [6, 6.07) is 14.4. The van der Waals surface area contributed by atoms with Crippen LogP contribution >= 0.6 is 11.6 Å². The minimum Gasteiger partial charge on any atom is -0.379 e. The molecule has 5 rings (SSSR count). The molecule has 1 amide bonds. The summed E-state index contributed by atoms with van der Waals surface area (Å²) in [6.45, 7) is 1.19. The van der Waals surface area contributed by atoms with Crippen LogP contribution in [0.1, 0.15) is 21.5 Å². The molecular formula is C23H21ClN2O4S. The molecule has 2 aliphatic rings. The maximum absolute atomic E-state index is 13.1. The molecule has 0 bridgehead atoms. The molecular weight excluding hydrogens is 436 g/mol. The predicted molar refractivity (Wildman–Crippen MR) is 120 cm³/mol. The Morgan fingerprint density at radius 1 is 1.00 bits per heavy atom. The van der Waals surface area contributed by atoms with Crippen LogP contribution in [0.4, 0.5) is 5.69 Å². The van der Waals surface area contributed by atoms with Crippen LogP contribution in [0, 0.1) is 0 Å². The zero-order valence-corrected chi connectivity index (χ0v) is 18.3. The fourth-order valence-electron chi connectivity index (χ4n) is 4.32. The van der Waals surface area contributed by atoms with Crippen molar-refractivity contribution in [3.63, 3.8) is 0 Å². The van der Waals surface area contributed by atoms with Gasteiger partial charge in [-0.05, 0) is 53.6 Å². The molecule has 1 heterocycles. The number of hydrogen-bond donors (Lipinski definition) is 1. The Kier molecular flexibility index (Phi) is 5.22. The molecule has 0 radical (unpaired) electrons. The molecule has 6 nitrogen and oxygen atoms in total. The molecule has 1 aliphatic heterocycles. The number of carbonyl (C=O) groups is 1. The Bertz CT molecular complexity index is 1290. The van der Waals surface area contributed by atoms with E-state index in [1.165, 1.54) is 39.0 Å². The number of anilines is 1. The number of hydrogen-bond acceptors (Lipinski definition) is 4. The molecule has 1 aliphatic carbocycles. The lowest BCUT2D eigenvalue weighted by Crippen LogP contribution is -2.40. The number of rotatable bonds is 4. The van der Waals surface area contributed by atoms with Crippen molar-refractivity contribution in [2.24, 2.45) is 0 Å². The number of benzene rings is 3. The van der Waals surface area contributed by atoms with E-state index in [1.807, 2.05) is 24.3 Å². The Morgan fingerprint density at radius 3 is 2.52 bits per heavy atom. The monoisotopic (exact) mass is 456 g/mol. The average molecular weight is 457 g/mol. The third-order valence-corrected chi connectivity index (χ3v) is 8.29. The van der Waals surface area contributed by atoms with Gasteiger partial charge in [-0.1, -0.05) is 35.9 Å². The molecule has 160 valence electrons. The lowest BCUT2D eigenvalue weighted by Gasteiger charge is -2.26. The topological polar surface area (TPSA) is 75.7 Å². The Labute approximate surface area is 185 Å². The van der Waals surface area contributed by atoms with Crippen LogP contribution in [-0.2, 0) is 27.6 Å². The van der Waals surface area contributed by atoms with Gasteiger partial charge in [0.2, 0.25) is 10.0 Å². The van der Waals surface area contributed by atoms with Crippen molar-refractivity contribution >= 4 is 44.0 Å². The SMILES string of the molecule is O=C(Nc1ccc2c3c(cccc13)CC2)c1ccc(Cl)c(S(=O)(=O)N2CCOCC2)c1. The fourth-order valence-corrected chi connectivity index (χ4v) is 6.23. The molecule has 1 saturated heterocycles. The van der Waals surface area contributed by atoms with E-state index >= 15 is 0 Å². The number of halogens is 1. The van der Waals surface area contributed by atoms with Gasteiger partial charge in [0.15, 0.2) is 0 Å². The van der Waals surface area contributed by atoms with Gasteiger partial charge >= 0.3 is 0 Å². The van der Waals surface area contributed by atoms with E-state index in [9.17, 15) is 13.2 Å². The highest BCUT2D eigenvalue weighted by Crippen LogP contribution is 2.35. The highest BCUT2D eigenvalue weighted by atomic mass is 35.5. The number of carbonyl (C=O) groups excluding carboxylic acids is 1. The number of amides is 1. The fraction of sp³-hybridized carbons (Fsp3) is 0.261. The van der Waals surface area contributed by atoms with Gasteiger partial charge < -0.3 is 10.1 Å². The van der Waals surface area contributed by atoms with Crippen molar-refractivity contribution in [3.8, 4) is 0 Å². The molecule has 0 spiro atoms. The van der Waals surface area contributed by atoms with Gasteiger partial charge in [-0.15, -0.1) is 0 Å². The van der Waals surface area contributed by atoms with Gasteiger partial charge in [-0.25, -0.2) is 8.42 Å². The first-order valence-electron chi connectivity index (χ1n) is 10.2. The maximum atomic E-state index is 13.1. The molecule has 3 aromatic carbocycles. The molecule has 0 aromatic heterocycles. The van der Waals surface area contributed by atoms with Crippen LogP contribution < -0.4 is 5.32 Å². The van der Waals surface area contributed by atoms with E-state index in [0.29, 0.717) is 18.9 Å². The summed E-state index contributed by atoms with van der Waals surface area (Å²) < 4.78 is 32.7. The smallest absolute Gasteiger partial charge is 0.255 e. The van der Waals surface area contributed by atoms with Gasteiger partial charge in [0.05, 0.1) is 18.2 Å². The third kappa shape index (κ3) is 3.61. The van der Waals surface area contributed by atoms with E-state index in [2.05, 4.69) is 11.4 Å². The van der Waals surface area contributed by atoms with E-state index < -0.39 is 10.0 Å². The van der Waals surface area contributed by atoms with Crippen LogP contribution in [0.3, 0.4) is 0 Å². The zero-order chi connectivity index (χ0) is 21.6. The van der Waals surface area contributed by atoms with Crippen LogP contribution in [0.2, 0.25) is 5.02 Å². The molecule has 0 saturated carbocycles. The van der Waals surface area contributed by atoms with E-state index in [-0.39, 0.29) is 34.5 Å². The molecule has 1 N–H and O–H groups in total. The molecule has 0 unspecified atom stereocenters. The second kappa shape index (κ2) is 7.91. The normalized spacial score (nSPS) is 16.5. The quantitative estimate of drug-likeness (QED) is 0.646. The van der Waals surface area contributed by atoms with Crippen molar-refractivity contribution in [1.29, 1.82) is 0 Å². The maximum Gasteiger partial charge on any atom is 0.255 e. The van der Waals surface area contributed by atoms with Crippen molar-refractivity contribution in [1.82, 2.24) is 4.31 Å². The largest absolute Gasteiger partial charge is 0.379 e. The molecule has 3 aromatic rings. The second-order valence-electron chi connectivity index (χ2n) is 7.73. The molecule has 8 heteroatoms. The van der Waals surface area contributed by atoms with Crippen molar-refractivity contribution in [2.45, 2.75) is 17.7 Å². The molecule has 31 heavy (non-hydrogen) atoms. The van der Waals surface area contributed by atoms with Gasteiger partial charge in [0, 0.05) is 29.7 Å². The van der Waals surface area contributed by atoms with Gasteiger partial charge in [-0.2, -0.15) is 4.31 Å². The van der Waals surface area contributed by atoms with E-state index in [1.54, 1.807) is 0 Å². The van der Waals surface area contributed by atoms with Crippen LogP contribution in [0.25, 0.3) is 10.8 Å². The number of aryl methyl sites for hydroxylation is 2. The lowest BCUT2D eigenvalue weighted by molar-refractivity contribution is 0.0730. The minimum absolute atomic E-state index is 0.0656. The summed E-state index contributed by atoms with van der Waals surface area (Å²) in [5.74, 6) is -0.381. The highest BCUT2D eigenvalue weighted by Gasteiger charge is 2.29. The van der Waals surface area contributed by atoms with Crippen molar-refractivity contribution in [2.75, 3.05) is 31.6 Å². The zero-order valence-electron chi connectivity index (χ0n) is 16.7. The number of nitrogens with one attached hydrogen (secondary N) is 1. The molecule has 1 fully saturated rings. The second-order valence-corrected chi connectivity index (χ2v) is 10.0. The van der Waals surface area contributed by atoms with Crippen molar-refractivity contribution in [3.05, 3.63) is 70.2 Å². The first-order chi connectivity index (χ1) is 14.9. The first-order valence-corrected chi connectivity index (χ1v) is 12.0. The Balaban J connectivity index is 1.47. The molecule has 0 atom stereocenters. The van der Waals surface area contributed by atoms with Gasteiger partial charge in [-0.3, -0.25) is 4.79 Å². The van der Waals surface area contributed by atoms with E-state index in [0.717, 1.165) is 18.2 Å². The summed E-state index contributed by atoms with van der Waals surface area (Å²) in [6.07, 6.45) is 2.01. The number of ether oxygens (including phenoxy) is 1. The average Bonchev–Trinajstić information content (AvgIpc) is 3.21. The Morgan fingerprint density at radius 2 is 1.74 bits per heavy atom. The highest BCUT2D eigenvalue weighted by molar-refractivity contribution is 7.89. The van der Waals surface area contributed by atoms with Crippen LogP contribution in [0.5, 0.6) is 0 Å². The number of sulfonamides is 1. The summed E-state index contributed by atoms with van der Waals surface area (Å²) in [5, 5.41) is 5.24. The van der Waals surface area contributed by atoms with Crippen LogP contribution in [0.15, 0.2) is 53.4 Å². The number of nitrogens with zero attached hydrogens (tertiary/aromatic N) is 1. The van der Waals surface area contributed by atoms with E-state index in [4.69, 9.17) is 16.3 Å². The van der Waals surface area contributed by atoms with Gasteiger partial charge in [0.1, 0.15) is 4.90 Å². The minimum atomic E-state index is -3.82. The van der Waals surface area contributed by atoms with Crippen molar-refractivity contribution < 1.29 is 17.9 Å². The van der Waals surface area contributed by atoms with Crippen LogP contribution in [-0.4, -0.2) is 44.9 Å². The van der Waals surface area contributed by atoms with Gasteiger partial charge in [0.25, 0.3) is 5.91 Å². The standard InChI is InChI=1S/C23H21ClN2O4S/c24-19-8-6-17(14-21(19)31(28,29)26-10-12-30-13-11-26)23(27)25-20-9-7-16-5-4-15-2-1-3-18(20)22(15)16/h1-3,6-9,14H,4-5,10-13H2,(H,25,27). The summed E-state index contributed by atoms with van der Waals surface area (Å²) >= 11 is 6.22. The number of morpholine rings is 1. The lowest BCUT2D eigenvalue weighted by atomic mass is 10.0. The summed E-state index contributed by atoms with van der Waals surface area (Å²) in [7, 11) is -3.82. The predicted octanol–water partition coefficient (Wildman–Crippen LogP) is 3.87. The summed E-state index contributed by atoms with van der Waals surface area (Å²) in [5.41, 5.74) is 3.52. The first kappa shape index (κ1) is 20.5. The third-order valence-electron chi connectivity index (χ3n) is 5.91. The summed E-state index contributed by atoms with van der Waals surface area (Å²) in [4.78, 5) is 13.0.